The molecule has 0 radical (unpaired) electrons. The van der Waals surface area contributed by atoms with Gasteiger partial charge in [0.2, 0.25) is 0 Å². The zero-order chi connectivity index (χ0) is 17.1. The van der Waals surface area contributed by atoms with Gasteiger partial charge in [0.25, 0.3) is 0 Å². The molecular formula is C21H15NOS2. The van der Waals surface area contributed by atoms with Gasteiger partial charge in [-0.15, -0.1) is 11.3 Å². The lowest BCUT2D eigenvalue weighted by Gasteiger charge is -2.03. The quantitative estimate of drug-likeness (QED) is 0.331. The molecule has 25 heavy (non-hydrogen) atoms. The lowest BCUT2D eigenvalue weighted by molar-refractivity contribution is 0.103. The van der Waals surface area contributed by atoms with Gasteiger partial charge in [-0.3, -0.25) is 4.79 Å². The van der Waals surface area contributed by atoms with Crippen molar-refractivity contribution in [3.63, 3.8) is 0 Å². The van der Waals surface area contributed by atoms with Crippen molar-refractivity contribution in [2.45, 2.75) is 10.1 Å². The van der Waals surface area contributed by atoms with Gasteiger partial charge in [0.05, 0.1) is 10.2 Å². The number of thiazole rings is 1. The van der Waals surface area contributed by atoms with E-state index in [1.807, 2.05) is 72.8 Å². The normalized spacial score (nSPS) is 10.9. The van der Waals surface area contributed by atoms with Crippen LogP contribution in [0.25, 0.3) is 10.2 Å². The summed E-state index contributed by atoms with van der Waals surface area (Å²) in [6.07, 6.45) is 0. The molecule has 0 atom stereocenters. The van der Waals surface area contributed by atoms with Crippen LogP contribution in [0, 0.1) is 0 Å². The summed E-state index contributed by atoms with van der Waals surface area (Å²) in [7, 11) is 0. The molecule has 4 aromatic rings. The molecule has 0 bridgehead atoms. The topological polar surface area (TPSA) is 30.0 Å². The van der Waals surface area contributed by atoms with Gasteiger partial charge in [-0.2, -0.15) is 0 Å². The first-order valence-corrected chi connectivity index (χ1v) is 9.77. The fourth-order valence-corrected chi connectivity index (χ4v) is 4.59. The van der Waals surface area contributed by atoms with Crippen LogP contribution in [0.2, 0.25) is 0 Å². The van der Waals surface area contributed by atoms with Crippen LogP contribution in [0.1, 0.15) is 21.5 Å². The number of hydrogen-bond donors (Lipinski definition) is 0. The van der Waals surface area contributed by atoms with Crippen molar-refractivity contribution in [2.24, 2.45) is 0 Å². The van der Waals surface area contributed by atoms with Crippen LogP contribution >= 0.6 is 23.1 Å². The van der Waals surface area contributed by atoms with E-state index in [4.69, 9.17) is 0 Å². The summed E-state index contributed by atoms with van der Waals surface area (Å²) in [5.74, 6) is 0.908. The molecule has 1 aromatic heterocycles. The fraction of sp³-hybridized carbons (Fsp3) is 0.0476. The number of hydrogen-bond acceptors (Lipinski definition) is 4. The van der Waals surface area contributed by atoms with Crippen LogP contribution in [-0.4, -0.2) is 10.8 Å². The number of benzene rings is 3. The smallest absolute Gasteiger partial charge is 0.193 e. The standard InChI is InChI=1S/C21H15NOS2/c23-20(16-6-2-1-3-7-16)17-12-10-15(11-13-17)14-24-21-22-18-8-4-5-9-19(18)25-21/h1-13H,14H2. The molecule has 0 amide bonds. The highest BCUT2D eigenvalue weighted by Crippen LogP contribution is 2.31. The maximum absolute atomic E-state index is 12.4. The molecule has 2 nitrogen and oxygen atoms in total. The first-order chi connectivity index (χ1) is 12.3. The Kier molecular flexibility index (Phi) is 4.63. The van der Waals surface area contributed by atoms with Crippen LogP contribution in [0.3, 0.4) is 0 Å². The average Bonchev–Trinajstić information content (AvgIpc) is 3.10. The summed E-state index contributed by atoms with van der Waals surface area (Å²) in [4.78, 5) is 17.1. The summed E-state index contributed by atoms with van der Waals surface area (Å²) in [5, 5.41) is 0. The third-order valence-electron chi connectivity index (χ3n) is 3.89. The lowest BCUT2D eigenvalue weighted by Crippen LogP contribution is -2.00. The molecule has 0 spiro atoms. The maximum atomic E-state index is 12.4. The van der Waals surface area contributed by atoms with Gasteiger partial charge in [0.15, 0.2) is 10.1 Å². The van der Waals surface area contributed by atoms with Crippen molar-refractivity contribution in [3.8, 4) is 0 Å². The Morgan fingerprint density at radius 3 is 2.28 bits per heavy atom. The Hall–Kier alpha value is -2.43. The molecule has 0 aliphatic carbocycles. The van der Waals surface area contributed by atoms with E-state index in [9.17, 15) is 4.79 Å². The highest BCUT2D eigenvalue weighted by Gasteiger charge is 2.09. The van der Waals surface area contributed by atoms with Crippen LogP contribution in [0.15, 0.2) is 83.2 Å². The fourth-order valence-electron chi connectivity index (χ4n) is 2.57. The summed E-state index contributed by atoms with van der Waals surface area (Å²) in [5.41, 5.74) is 3.69. The molecule has 0 unspecified atom stereocenters. The van der Waals surface area contributed by atoms with E-state index in [1.165, 1.54) is 10.3 Å². The van der Waals surface area contributed by atoms with E-state index in [0.717, 1.165) is 26.7 Å². The molecule has 0 N–H and O–H groups in total. The minimum atomic E-state index is 0.0611. The molecule has 1 heterocycles. The number of fused-ring (bicyclic) bond motifs is 1. The average molecular weight is 361 g/mol. The Morgan fingerprint density at radius 2 is 1.52 bits per heavy atom. The molecule has 0 saturated heterocycles. The summed E-state index contributed by atoms with van der Waals surface area (Å²) in [6.45, 7) is 0. The van der Waals surface area contributed by atoms with Gasteiger partial charge in [0, 0.05) is 16.9 Å². The van der Waals surface area contributed by atoms with Crippen LogP contribution in [0.4, 0.5) is 0 Å². The minimum absolute atomic E-state index is 0.0611. The van der Waals surface area contributed by atoms with E-state index >= 15 is 0 Å². The number of carbonyl (C=O) groups excluding carboxylic acids is 1. The van der Waals surface area contributed by atoms with E-state index in [2.05, 4.69) is 11.1 Å². The van der Waals surface area contributed by atoms with Crippen molar-refractivity contribution in [1.82, 2.24) is 4.98 Å². The highest BCUT2D eigenvalue weighted by atomic mass is 32.2. The molecule has 0 aliphatic heterocycles. The number of nitrogens with zero attached hydrogens (tertiary/aromatic N) is 1. The van der Waals surface area contributed by atoms with E-state index in [-0.39, 0.29) is 5.78 Å². The molecule has 0 aliphatic rings. The molecular weight excluding hydrogens is 346 g/mol. The predicted octanol–water partition coefficient (Wildman–Crippen LogP) is 5.82. The Bertz CT molecular complexity index is 974. The predicted molar refractivity (Wildman–Crippen MR) is 105 cm³/mol. The molecule has 4 rings (SSSR count). The SMILES string of the molecule is O=C(c1ccccc1)c1ccc(CSc2nc3ccccc3s2)cc1. The van der Waals surface area contributed by atoms with Gasteiger partial charge < -0.3 is 0 Å². The highest BCUT2D eigenvalue weighted by molar-refractivity contribution is 8.00. The van der Waals surface area contributed by atoms with Gasteiger partial charge in [-0.25, -0.2) is 4.98 Å². The van der Waals surface area contributed by atoms with E-state index in [1.54, 1.807) is 23.1 Å². The van der Waals surface area contributed by atoms with Crippen molar-refractivity contribution in [2.75, 3.05) is 0 Å². The molecule has 3 aromatic carbocycles. The van der Waals surface area contributed by atoms with Gasteiger partial charge >= 0.3 is 0 Å². The van der Waals surface area contributed by atoms with Crippen molar-refractivity contribution < 1.29 is 4.79 Å². The monoisotopic (exact) mass is 361 g/mol. The summed E-state index contributed by atoms with van der Waals surface area (Å²) >= 11 is 3.45. The number of rotatable bonds is 5. The third-order valence-corrected chi connectivity index (χ3v) is 6.14. The van der Waals surface area contributed by atoms with Crippen molar-refractivity contribution in [3.05, 3.63) is 95.6 Å². The zero-order valence-electron chi connectivity index (χ0n) is 13.4. The molecule has 0 saturated carbocycles. The van der Waals surface area contributed by atoms with E-state index < -0.39 is 0 Å². The number of aromatic nitrogens is 1. The second-order valence-corrected chi connectivity index (χ2v) is 7.88. The van der Waals surface area contributed by atoms with Crippen LogP contribution in [0.5, 0.6) is 0 Å². The maximum Gasteiger partial charge on any atom is 0.193 e. The minimum Gasteiger partial charge on any atom is -0.289 e. The van der Waals surface area contributed by atoms with E-state index in [0.29, 0.717) is 0 Å². The first kappa shape index (κ1) is 16.1. The van der Waals surface area contributed by atoms with Crippen LogP contribution in [-0.2, 0) is 5.75 Å². The third kappa shape index (κ3) is 3.65. The second kappa shape index (κ2) is 7.21. The number of thioether (sulfide) groups is 1. The number of para-hydroxylation sites is 1. The number of ketones is 1. The van der Waals surface area contributed by atoms with Crippen LogP contribution < -0.4 is 0 Å². The van der Waals surface area contributed by atoms with Crippen molar-refractivity contribution >= 4 is 39.1 Å². The molecule has 0 fully saturated rings. The Morgan fingerprint density at radius 1 is 0.840 bits per heavy atom. The Balaban J connectivity index is 1.44. The Labute approximate surface area is 154 Å². The lowest BCUT2D eigenvalue weighted by atomic mass is 10.0. The zero-order valence-corrected chi connectivity index (χ0v) is 15.0. The first-order valence-electron chi connectivity index (χ1n) is 7.97. The summed E-state index contributed by atoms with van der Waals surface area (Å²) < 4.78 is 2.29. The molecule has 4 heteroatoms. The molecule has 122 valence electrons. The van der Waals surface area contributed by atoms with Gasteiger partial charge in [0.1, 0.15) is 0 Å². The summed E-state index contributed by atoms with van der Waals surface area (Å²) in [6, 6.07) is 25.4. The van der Waals surface area contributed by atoms with Gasteiger partial charge in [-0.1, -0.05) is 78.5 Å². The van der Waals surface area contributed by atoms with Gasteiger partial charge in [-0.05, 0) is 17.7 Å². The second-order valence-electron chi connectivity index (χ2n) is 5.63. The van der Waals surface area contributed by atoms with Crippen molar-refractivity contribution in [1.29, 1.82) is 0 Å². The largest absolute Gasteiger partial charge is 0.289 e. The number of carbonyl (C=O) groups is 1.